The Morgan fingerprint density at radius 3 is 1.33 bits per heavy atom. The molecule has 13 heteroatoms. The summed E-state index contributed by atoms with van der Waals surface area (Å²) >= 11 is 0. The first-order valence-electron chi connectivity index (χ1n) is 16.5. The van der Waals surface area contributed by atoms with Crippen LogP contribution in [0.5, 0.6) is 0 Å². The average Bonchev–Trinajstić information content (AvgIpc) is 3.98. The molecule has 0 saturated heterocycles. The number of carbonyl (C=O) groups excluding carboxylic acids is 4. The van der Waals surface area contributed by atoms with Gasteiger partial charge in [-0.05, 0) is 74.6 Å². The van der Waals surface area contributed by atoms with Gasteiger partial charge in [-0.15, -0.1) is 0 Å². The minimum Gasteiger partial charge on any atom is -0.361 e. The summed E-state index contributed by atoms with van der Waals surface area (Å²) in [6, 6.07) is 14.4. The van der Waals surface area contributed by atoms with Crippen molar-refractivity contribution in [3.63, 3.8) is 0 Å². The van der Waals surface area contributed by atoms with Crippen molar-refractivity contribution >= 4 is 45.4 Å². The third kappa shape index (κ3) is 10.9. The van der Waals surface area contributed by atoms with Crippen LogP contribution < -0.4 is 32.7 Å². The van der Waals surface area contributed by atoms with Crippen molar-refractivity contribution in [1.82, 2.24) is 31.2 Å². The SMILES string of the molecule is NCCNC(=O)[C@H](Cc1c[nH]c2ccccc12)NC(=O)[C]1[CH][CH][CH][CH]1.NCCNC(=O)[C@H](Cc1c[nH]c2ccccc12)NC(=O)[C]1[CH][CH][CH][CH]1.[Fe+2]. The van der Waals surface area contributed by atoms with E-state index < -0.39 is 12.1 Å². The Morgan fingerprint density at radius 1 is 0.588 bits per heavy atom. The number of rotatable bonds is 14. The van der Waals surface area contributed by atoms with Gasteiger partial charge in [-0.3, -0.25) is 19.2 Å². The second-order valence-electron chi connectivity index (χ2n) is 11.7. The molecule has 2 saturated carbocycles. The zero-order valence-corrected chi connectivity index (χ0v) is 29.0. The summed E-state index contributed by atoms with van der Waals surface area (Å²) in [6.07, 6.45) is 18.6. The summed E-state index contributed by atoms with van der Waals surface area (Å²) in [5.41, 5.74) is 14.9. The van der Waals surface area contributed by atoms with Crippen molar-refractivity contribution in [2.45, 2.75) is 24.9 Å². The molecule has 4 amide bonds. The number of benzene rings is 2. The van der Waals surface area contributed by atoms with Crippen LogP contribution >= 0.6 is 0 Å². The van der Waals surface area contributed by atoms with Crippen LogP contribution in [0.1, 0.15) is 11.1 Å². The van der Waals surface area contributed by atoms with Crippen LogP contribution in [0.25, 0.3) is 21.8 Å². The molecule has 2 heterocycles. The fraction of sp³-hybridized carbons (Fsp3) is 0.211. The molecular weight excluding hydrogens is 688 g/mol. The van der Waals surface area contributed by atoms with E-state index >= 15 is 0 Å². The molecule has 0 spiro atoms. The van der Waals surface area contributed by atoms with Gasteiger partial charge in [0, 0.05) is 73.2 Å². The zero-order valence-electron chi connectivity index (χ0n) is 27.9. The van der Waals surface area contributed by atoms with Crippen molar-refractivity contribution in [1.29, 1.82) is 0 Å². The van der Waals surface area contributed by atoms with Gasteiger partial charge < -0.3 is 42.7 Å². The summed E-state index contributed by atoms with van der Waals surface area (Å²) < 4.78 is 0. The van der Waals surface area contributed by atoms with Crippen LogP contribution in [-0.4, -0.2) is 71.9 Å². The van der Waals surface area contributed by atoms with Crippen molar-refractivity contribution < 1.29 is 36.2 Å². The van der Waals surface area contributed by atoms with Gasteiger partial charge in [-0.25, -0.2) is 0 Å². The standard InChI is InChI=1S/2C19H21N4O2.Fe/c2*20-9-10-21-19(25)17(23-18(24)13-5-1-2-6-13)11-14-12-22-16-8-4-3-7-15(14)16;/h2*1-8,12,17,22H,9-11,20H2,(H,21,25)(H,23,24);/q;;+2/t2*17-;/m00./s1. The van der Waals surface area contributed by atoms with Gasteiger partial charge in [0.05, 0.1) is 11.8 Å². The van der Waals surface area contributed by atoms with Crippen LogP contribution in [0.2, 0.25) is 0 Å². The van der Waals surface area contributed by atoms with E-state index in [0.29, 0.717) is 50.9 Å². The molecule has 6 rings (SSSR count). The molecule has 2 aromatic carbocycles. The molecule has 2 aliphatic carbocycles. The normalized spacial score (nSPS) is 15.7. The van der Waals surface area contributed by atoms with E-state index in [9.17, 15) is 19.2 Å². The zero-order chi connectivity index (χ0) is 35.3. The molecule has 0 bridgehead atoms. The molecule has 2 aliphatic rings. The van der Waals surface area contributed by atoms with Crippen LogP contribution in [0, 0.1) is 63.2 Å². The monoisotopic (exact) mass is 730 g/mol. The van der Waals surface area contributed by atoms with E-state index in [1.807, 2.05) is 60.9 Å². The second-order valence-corrected chi connectivity index (χ2v) is 11.7. The maximum atomic E-state index is 12.5. The first-order valence-corrected chi connectivity index (χ1v) is 16.5. The Bertz CT molecular complexity index is 1600. The topological polar surface area (TPSA) is 200 Å². The third-order valence-corrected chi connectivity index (χ3v) is 8.18. The second kappa shape index (κ2) is 20.0. The first kappa shape index (κ1) is 39.6. The van der Waals surface area contributed by atoms with Crippen LogP contribution in [-0.2, 0) is 49.1 Å². The third-order valence-electron chi connectivity index (χ3n) is 8.18. The van der Waals surface area contributed by atoms with Gasteiger partial charge in [0.2, 0.25) is 23.6 Å². The Hall–Kier alpha value is -4.16. The average molecular weight is 731 g/mol. The number of aromatic nitrogens is 2. The Morgan fingerprint density at radius 2 is 0.961 bits per heavy atom. The Balaban J connectivity index is 0.000000224. The summed E-state index contributed by atoms with van der Waals surface area (Å²) in [5.74, 6) is 0.0628. The molecule has 264 valence electrons. The summed E-state index contributed by atoms with van der Waals surface area (Å²) in [4.78, 5) is 56.1. The van der Waals surface area contributed by atoms with Gasteiger partial charge in [0.15, 0.2) is 0 Å². The molecule has 0 aliphatic heterocycles. The molecule has 2 fully saturated rings. The van der Waals surface area contributed by atoms with Gasteiger partial charge >= 0.3 is 17.1 Å². The van der Waals surface area contributed by atoms with Gasteiger partial charge in [-0.2, -0.15) is 0 Å². The number of hydrogen-bond acceptors (Lipinski definition) is 6. The predicted octanol–water partition coefficient (Wildman–Crippen LogP) is 1.35. The fourth-order valence-electron chi connectivity index (χ4n) is 5.63. The molecule has 12 nitrogen and oxygen atoms in total. The molecule has 51 heavy (non-hydrogen) atoms. The first-order chi connectivity index (χ1) is 24.4. The quantitative estimate of drug-likeness (QED) is 0.0901. The smallest absolute Gasteiger partial charge is 0.361 e. The molecule has 0 unspecified atom stereocenters. The van der Waals surface area contributed by atoms with Crippen molar-refractivity contribution in [2.24, 2.45) is 11.5 Å². The van der Waals surface area contributed by atoms with Gasteiger partial charge in [0.1, 0.15) is 12.1 Å². The van der Waals surface area contributed by atoms with E-state index in [1.165, 1.54) is 0 Å². The van der Waals surface area contributed by atoms with Crippen molar-refractivity contribution in [3.05, 3.63) is 135 Å². The number of para-hydroxylation sites is 2. The number of nitrogens with two attached hydrogens (primary N) is 2. The maximum absolute atomic E-state index is 12.5. The predicted molar refractivity (Wildman–Crippen MR) is 193 cm³/mol. The van der Waals surface area contributed by atoms with Crippen LogP contribution in [0.15, 0.2) is 60.9 Å². The number of H-pyrrole nitrogens is 2. The Kier molecular flexibility index (Phi) is 15.6. The van der Waals surface area contributed by atoms with E-state index in [-0.39, 0.29) is 40.7 Å². The number of aromatic amines is 2. The number of nitrogens with one attached hydrogen (secondary N) is 6. The fourth-order valence-corrected chi connectivity index (χ4v) is 5.63. The summed E-state index contributed by atoms with van der Waals surface area (Å²) in [6.45, 7) is 1.44. The Labute approximate surface area is 309 Å². The number of hydrogen-bond donors (Lipinski definition) is 8. The van der Waals surface area contributed by atoms with E-state index in [4.69, 9.17) is 11.5 Å². The molecule has 2 aromatic heterocycles. The van der Waals surface area contributed by atoms with Crippen molar-refractivity contribution in [3.8, 4) is 0 Å². The van der Waals surface area contributed by atoms with E-state index in [1.54, 1.807) is 51.4 Å². The largest absolute Gasteiger partial charge is 2.00 e. The van der Waals surface area contributed by atoms with Gasteiger partial charge in [0.25, 0.3) is 0 Å². The minimum atomic E-state index is -0.673. The number of amides is 4. The summed E-state index contributed by atoms with van der Waals surface area (Å²) in [7, 11) is 0. The van der Waals surface area contributed by atoms with Crippen LogP contribution in [0.4, 0.5) is 0 Å². The number of fused-ring (bicyclic) bond motifs is 2. The molecule has 10 radical (unpaired) electrons. The summed E-state index contributed by atoms with van der Waals surface area (Å²) in [5, 5.41) is 13.2. The number of carbonyl (C=O) groups is 4. The van der Waals surface area contributed by atoms with E-state index in [0.717, 1.165) is 32.9 Å². The molecule has 4 aromatic rings. The minimum absolute atomic E-state index is 0. The maximum Gasteiger partial charge on any atom is 2.00 e. The van der Waals surface area contributed by atoms with Crippen LogP contribution in [0.3, 0.4) is 0 Å². The van der Waals surface area contributed by atoms with Gasteiger partial charge in [-0.1, -0.05) is 36.4 Å². The molecule has 10 N–H and O–H groups in total. The van der Waals surface area contributed by atoms with Crippen molar-refractivity contribution in [2.75, 3.05) is 26.2 Å². The molecular formula is C38H42FeN8O4+2. The van der Waals surface area contributed by atoms with E-state index in [2.05, 4.69) is 31.2 Å². The molecule has 2 atom stereocenters.